The summed E-state index contributed by atoms with van der Waals surface area (Å²) in [5.41, 5.74) is 2.50. The molecule has 3 rings (SSSR count). The average Bonchev–Trinajstić information content (AvgIpc) is 2.89. The van der Waals surface area contributed by atoms with E-state index in [1.807, 2.05) is 11.3 Å². The zero-order valence-corrected chi connectivity index (χ0v) is 14.5. The minimum Gasteiger partial charge on any atom is -0.396 e. The van der Waals surface area contributed by atoms with Crippen LogP contribution in [-0.2, 0) is 11.2 Å². The van der Waals surface area contributed by atoms with E-state index in [0.29, 0.717) is 6.42 Å². The smallest absolute Gasteiger partial charge is 0.130 e. The van der Waals surface area contributed by atoms with Gasteiger partial charge in [0.1, 0.15) is 5.78 Å². The van der Waals surface area contributed by atoms with Gasteiger partial charge in [-0.05, 0) is 61.1 Å². The molecule has 2 aromatic carbocycles. The molecular formula is C20H22O2S. The van der Waals surface area contributed by atoms with Gasteiger partial charge in [0.2, 0.25) is 0 Å². The number of thiophene rings is 1. The fourth-order valence-corrected chi connectivity index (χ4v) is 4.20. The zero-order valence-electron chi connectivity index (χ0n) is 13.6. The number of Topliss-reactive ketones (excluding diaryl/α,β-unsaturated/α-hetero) is 1. The molecule has 0 aliphatic heterocycles. The van der Waals surface area contributed by atoms with Crippen LogP contribution in [0.2, 0.25) is 0 Å². The monoisotopic (exact) mass is 326 g/mol. The van der Waals surface area contributed by atoms with E-state index in [2.05, 4.69) is 43.3 Å². The lowest BCUT2D eigenvalue weighted by Gasteiger charge is -2.10. The Kier molecular flexibility index (Phi) is 4.79. The molecule has 1 unspecified atom stereocenters. The van der Waals surface area contributed by atoms with Crippen molar-refractivity contribution < 1.29 is 9.90 Å². The second kappa shape index (κ2) is 6.81. The second-order valence-electron chi connectivity index (χ2n) is 6.32. The van der Waals surface area contributed by atoms with Crippen molar-refractivity contribution in [2.24, 2.45) is 0 Å². The predicted octanol–water partition coefficient (Wildman–Crippen LogP) is 5.06. The lowest BCUT2D eigenvalue weighted by atomic mass is 9.94. The highest BCUT2D eigenvalue weighted by Crippen LogP contribution is 2.36. The van der Waals surface area contributed by atoms with Crippen molar-refractivity contribution in [3.8, 4) is 0 Å². The molecule has 0 amide bonds. The highest BCUT2D eigenvalue weighted by Gasteiger charge is 2.12. The van der Waals surface area contributed by atoms with Crippen LogP contribution in [0.3, 0.4) is 0 Å². The maximum Gasteiger partial charge on any atom is 0.130 e. The van der Waals surface area contributed by atoms with Crippen LogP contribution in [0.5, 0.6) is 0 Å². The molecule has 1 heterocycles. The zero-order chi connectivity index (χ0) is 16.4. The van der Waals surface area contributed by atoms with E-state index in [1.54, 1.807) is 6.92 Å². The van der Waals surface area contributed by atoms with Crippen LogP contribution < -0.4 is 0 Å². The lowest BCUT2D eigenvalue weighted by molar-refractivity contribution is -0.117. The predicted molar refractivity (Wildman–Crippen MR) is 98.5 cm³/mol. The topological polar surface area (TPSA) is 37.3 Å². The Labute approximate surface area is 140 Å². The number of carbonyl (C=O) groups is 1. The molecule has 0 aliphatic rings. The molecule has 23 heavy (non-hydrogen) atoms. The van der Waals surface area contributed by atoms with Gasteiger partial charge in [-0.15, -0.1) is 11.3 Å². The fraction of sp³-hybridized carbons (Fsp3) is 0.350. The third-order valence-corrected chi connectivity index (χ3v) is 5.50. The van der Waals surface area contributed by atoms with E-state index >= 15 is 0 Å². The minimum absolute atomic E-state index is 0.231. The Bertz CT molecular complexity index is 847. The Morgan fingerprint density at radius 1 is 1.13 bits per heavy atom. The van der Waals surface area contributed by atoms with Crippen molar-refractivity contribution in [2.75, 3.05) is 6.61 Å². The molecule has 0 spiro atoms. The number of benzene rings is 2. The Hall–Kier alpha value is -1.71. The summed E-state index contributed by atoms with van der Waals surface area (Å²) in [6, 6.07) is 13.2. The highest BCUT2D eigenvalue weighted by molar-refractivity contribution is 7.25. The summed E-state index contributed by atoms with van der Waals surface area (Å²) in [7, 11) is 0. The number of aliphatic hydroxyl groups is 1. The van der Waals surface area contributed by atoms with Crippen LogP contribution in [0.1, 0.15) is 43.7 Å². The van der Waals surface area contributed by atoms with Crippen LogP contribution in [0.4, 0.5) is 0 Å². The first-order chi connectivity index (χ1) is 11.1. The number of aliphatic hydroxyl groups excluding tert-OH is 1. The molecule has 1 N–H and O–H groups in total. The fourth-order valence-electron chi connectivity index (χ4n) is 3.14. The SMILES string of the molecule is CC(=O)CC(C)c1ccc2sc3ccc(CCCO)cc3c2c1. The summed E-state index contributed by atoms with van der Waals surface area (Å²) in [6.07, 6.45) is 2.30. The van der Waals surface area contributed by atoms with Gasteiger partial charge in [-0.25, -0.2) is 0 Å². The molecule has 1 atom stereocenters. The van der Waals surface area contributed by atoms with E-state index in [1.165, 1.54) is 31.3 Å². The number of fused-ring (bicyclic) bond motifs is 3. The van der Waals surface area contributed by atoms with Gasteiger partial charge in [0, 0.05) is 33.2 Å². The summed E-state index contributed by atoms with van der Waals surface area (Å²) in [6.45, 7) is 4.00. The van der Waals surface area contributed by atoms with E-state index in [0.717, 1.165) is 12.8 Å². The summed E-state index contributed by atoms with van der Waals surface area (Å²) >= 11 is 1.81. The van der Waals surface area contributed by atoms with Gasteiger partial charge in [0.15, 0.2) is 0 Å². The number of carbonyl (C=O) groups excluding carboxylic acids is 1. The van der Waals surface area contributed by atoms with Gasteiger partial charge in [0.05, 0.1) is 0 Å². The first-order valence-electron chi connectivity index (χ1n) is 8.14. The van der Waals surface area contributed by atoms with Crippen molar-refractivity contribution in [2.45, 2.75) is 39.0 Å². The minimum atomic E-state index is 0.231. The van der Waals surface area contributed by atoms with Crippen molar-refractivity contribution in [3.05, 3.63) is 47.5 Å². The van der Waals surface area contributed by atoms with E-state index < -0.39 is 0 Å². The number of hydrogen-bond acceptors (Lipinski definition) is 3. The van der Waals surface area contributed by atoms with Gasteiger partial charge in [0.25, 0.3) is 0 Å². The van der Waals surface area contributed by atoms with E-state index in [-0.39, 0.29) is 18.3 Å². The summed E-state index contributed by atoms with van der Waals surface area (Å²) in [4.78, 5) is 11.4. The van der Waals surface area contributed by atoms with Gasteiger partial charge in [-0.3, -0.25) is 0 Å². The van der Waals surface area contributed by atoms with Crippen molar-refractivity contribution >= 4 is 37.3 Å². The standard InChI is InChI=1S/C20H22O2S/c1-13(10-14(2)22)16-6-8-20-18(12-16)17-11-15(4-3-9-21)5-7-19(17)23-20/h5-8,11-13,21H,3-4,9-10H2,1-2H3. The molecule has 3 aromatic rings. The summed E-state index contributed by atoms with van der Waals surface area (Å²) in [5.74, 6) is 0.489. The number of ketones is 1. The Morgan fingerprint density at radius 2 is 1.83 bits per heavy atom. The average molecular weight is 326 g/mol. The van der Waals surface area contributed by atoms with Gasteiger partial charge >= 0.3 is 0 Å². The normalized spacial score (nSPS) is 12.8. The molecule has 3 heteroatoms. The van der Waals surface area contributed by atoms with Crippen LogP contribution in [0.15, 0.2) is 36.4 Å². The number of hydrogen-bond donors (Lipinski definition) is 1. The van der Waals surface area contributed by atoms with E-state index in [9.17, 15) is 4.79 Å². The second-order valence-corrected chi connectivity index (χ2v) is 7.41. The molecule has 0 fully saturated rings. The molecule has 0 aliphatic carbocycles. The van der Waals surface area contributed by atoms with Gasteiger partial charge < -0.3 is 9.90 Å². The van der Waals surface area contributed by atoms with Crippen LogP contribution >= 0.6 is 11.3 Å². The number of aryl methyl sites for hydroxylation is 1. The molecule has 2 nitrogen and oxygen atoms in total. The molecule has 0 saturated heterocycles. The molecular weight excluding hydrogens is 304 g/mol. The van der Waals surface area contributed by atoms with Gasteiger partial charge in [-0.2, -0.15) is 0 Å². The maximum absolute atomic E-state index is 11.4. The van der Waals surface area contributed by atoms with Crippen LogP contribution in [0.25, 0.3) is 20.2 Å². The van der Waals surface area contributed by atoms with E-state index in [4.69, 9.17) is 5.11 Å². The van der Waals surface area contributed by atoms with Crippen molar-refractivity contribution in [1.82, 2.24) is 0 Å². The summed E-state index contributed by atoms with van der Waals surface area (Å²) in [5, 5.41) is 11.6. The van der Waals surface area contributed by atoms with Crippen LogP contribution in [0, 0.1) is 0 Å². The Balaban J connectivity index is 2.04. The highest BCUT2D eigenvalue weighted by atomic mass is 32.1. The molecule has 0 bridgehead atoms. The third kappa shape index (κ3) is 3.46. The molecule has 0 radical (unpaired) electrons. The maximum atomic E-state index is 11.4. The number of rotatable bonds is 6. The summed E-state index contributed by atoms with van der Waals surface area (Å²) < 4.78 is 2.59. The van der Waals surface area contributed by atoms with Crippen LogP contribution in [-0.4, -0.2) is 17.5 Å². The molecule has 0 saturated carbocycles. The quantitative estimate of drug-likeness (QED) is 0.687. The third-order valence-electron chi connectivity index (χ3n) is 4.34. The van der Waals surface area contributed by atoms with Crippen molar-refractivity contribution in [1.29, 1.82) is 0 Å². The lowest BCUT2D eigenvalue weighted by Crippen LogP contribution is -1.99. The Morgan fingerprint density at radius 3 is 2.52 bits per heavy atom. The first kappa shape index (κ1) is 16.2. The molecule has 120 valence electrons. The largest absolute Gasteiger partial charge is 0.396 e. The molecule has 1 aromatic heterocycles. The van der Waals surface area contributed by atoms with Gasteiger partial charge in [-0.1, -0.05) is 19.1 Å². The first-order valence-corrected chi connectivity index (χ1v) is 8.95. The van der Waals surface area contributed by atoms with Crippen molar-refractivity contribution in [3.63, 3.8) is 0 Å².